The van der Waals surface area contributed by atoms with Gasteiger partial charge >= 0.3 is 5.97 Å². The van der Waals surface area contributed by atoms with Gasteiger partial charge in [-0.15, -0.1) is 11.3 Å². The van der Waals surface area contributed by atoms with Crippen molar-refractivity contribution in [3.05, 3.63) is 21.9 Å². The number of likely N-dealkylation sites (N-methyl/N-ethyl adjacent to an activating group) is 1. The Bertz CT molecular complexity index is 481. The highest BCUT2D eigenvalue weighted by Crippen LogP contribution is 2.26. The molecule has 1 heterocycles. The normalized spacial score (nSPS) is 17.6. The van der Waals surface area contributed by atoms with Crippen molar-refractivity contribution in [2.75, 3.05) is 20.6 Å². The van der Waals surface area contributed by atoms with Crippen LogP contribution in [0.4, 0.5) is 0 Å². The predicted molar refractivity (Wildman–Crippen MR) is 87.8 cm³/mol. The number of aryl methyl sites for hydroxylation is 1. The van der Waals surface area contributed by atoms with Gasteiger partial charge in [-0.3, -0.25) is 0 Å². The van der Waals surface area contributed by atoms with Crippen molar-refractivity contribution >= 4 is 17.3 Å². The zero-order valence-electron chi connectivity index (χ0n) is 14.1. The molecule has 3 nitrogen and oxygen atoms in total. The van der Waals surface area contributed by atoms with Crippen molar-refractivity contribution in [1.82, 2.24) is 0 Å². The standard InChI is InChI=1S/C17H28NO2S.HI/c1-13-10-11-21-16(13)17(19)20-14(2)12-18(3,4)15-8-6-5-7-9-15;/h10-11,14-15H,5-9,12H2,1-4H3;1H/q+1;/p-1. The van der Waals surface area contributed by atoms with E-state index in [9.17, 15) is 4.79 Å². The van der Waals surface area contributed by atoms with Crippen LogP contribution in [0.2, 0.25) is 0 Å². The highest BCUT2D eigenvalue weighted by molar-refractivity contribution is 7.12. The van der Waals surface area contributed by atoms with Crippen molar-refractivity contribution in [3.8, 4) is 0 Å². The fourth-order valence-electron chi connectivity index (χ4n) is 3.45. The Balaban J connectivity index is 0.00000242. The Morgan fingerprint density at radius 3 is 2.55 bits per heavy atom. The van der Waals surface area contributed by atoms with E-state index in [2.05, 4.69) is 14.1 Å². The van der Waals surface area contributed by atoms with Gasteiger partial charge in [-0.05, 0) is 56.5 Å². The summed E-state index contributed by atoms with van der Waals surface area (Å²) in [6.45, 7) is 4.87. The molecular formula is C17H28INO2S. The molecule has 1 aromatic heterocycles. The topological polar surface area (TPSA) is 26.3 Å². The molecule has 0 aromatic carbocycles. The van der Waals surface area contributed by atoms with Gasteiger partial charge in [0, 0.05) is 0 Å². The number of carbonyl (C=O) groups is 1. The number of hydrogen-bond donors (Lipinski definition) is 0. The van der Waals surface area contributed by atoms with E-state index in [4.69, 9.17) is 4.74 Å². The predicted octanol–water partition coefficient (Wildman–Crippen LogP) is 1.01. The monoisotopic (exact) mass is 437 g/mol. The van der Waals surface area contributed by atoms with Gasteiger partial charge in [-0.25, -0.2) is 4.79 Å². The highest BCUT2D eigenvalue weighted by Gasteiger charge is 2.32. The van der Waals surface area contributed by atoms with E-state index in [1.165, 1.54) is 43.4 Å². The Morgan fingerprint density at radius 2 is 2.00 bits per heavy atom. The first kappa shape index (κ1) is 19.9. The molecule has 0 bridgehead atoms. The minimum atomic E-state index is -0.168. The second-order valence-electron chi connectivity index (χ2n) is 6.90. The van der Waals surface area contributed by atoms with Crippen LogP contribution < -0.4 is 24.0 Å². The average molecular weight is 437 g/mol. The third-order valence-corrected chi connectivity index (χ3v) is 5.64. The average Bonchev–Trinajstić information content (AvgIpc) is 2.85. The molecule has 1 unspecified atom stereocenters. The Hall–Kier alpha value is -0.140. The quantitative estimate of drug-likeness (QED) is 0.391. The van der Waals surface area contributed by atoms with Gasteiger partial charge in [0.2, 0.25) is 0 Å². The zero-order valence-corrected chi connectivity index (χ0v) is 17.1. The number of quaternary nitrogens is 1. The summed E-state index contributed by atoms with van der Waals surface area (Å²) in [7, 11) is 4.55. The van der Waals surface area contributed by atoms with E-state index in [0.717, 1.165) is 21.5 Å². The summed E-state index contributed by atoms with van der Waals surface area (Å²) in [5.41, 5.74) is 1.01. The first-order valence-electron chi connectivity index (χ1n) is 7.98. The lowest BCUT2D eigenvalue weighted by molar-refractivity contribution is -0.918. The van der Waals surface area contributed by atoms with Gasteiger partial charge in [0.15, 0.2) is 0 Å². The van der Waals surface area contributed by atoms with Gasteiger partial charge < -0.3 is 33.2 Å². The second-order valence-corrected chi connectivity index (χ2v) is 7.82. The van der Waals surface area contributed by atoms with E-state index < -0.39 is 0 Å². The fourth-order valence-corrected chi connectivity index (χ4v) is 4.25. The van der Waals surface area contributed by atoms with Gasteiger partial charge in [-0.1, -0.05) is 6.42 Å². The van der Waals surface area contributed by atoms with Gasteiger partial charge in [0.25, 0.3) is 0 Å². The summed E-state index contributed by atoms with van der Waals surface area (Å²) in [5.74, 6) is -0.168. The minimum absolute atomic E-state index is 0. The summed E-state index contributed by atoms with van der Waals surface area (Å²) in [5, 5.41) is 1.94. The molecule has 0 spiro atoms. The zero-order chi connectivity index (χ0) is 15.5. The number of ether oxygens (including phenoxy) is 1. The lowest BCUT2D eigenvalue weighted by Crippen LogP contribution is -3.00. The Morgan fingerprint density at radius 1 is 1.36 bits per heavy atom. The maximum absolute atomic E-state index is 12.2. The van der Waals surface area contributed by atoms with Crippen molar-refractivity contribution in [1.29, 1.82) is 0 Å². The molecule has 0 aliphatic heterocycles. The van der Waals surface area contributed by atoms with Crippen LogP contribution >= 0.6 is 11.3 Å². The molecule has 1 aliphatic rings. The van der Waals surface area contributed by atoms with Gasteiger partial charge in [-0.2, -0.15) is 0 Å². The molecule has 1 atom stereocenters. The molecule has 0 amide bonds. The minimum Gasteiger partial charge on any atom is -1.00 e. The molecule has 1 fully saturated rings. The highest BCUT2D eigenvalue weighted by atomic mass is 127. The summed E-state index contributed by atoms with van der Waals surface area (Å²) in [4.78, 5) is 12.9. The van der Waals surface area contributed by atoms with Crippen LogP contribution in [0, 0.1) is 6.92 Å². The molecule has 22 heavy (non-hydrogen) atoms. The molecule has 0 radical (unpaired) electrons. The molecule has 1 aliphatic carbocycles. The van der Waals surface area contributed by atoms with Gasteiger partial charge in [0.05, 0.1) is 20.1 Å². The number of rotatable bonds is 5. The number of nitrogens with zero attached hydrogens (tertiary/aromatic N) is 1. The second kappa shape index (κ2) is 8.64. The van der Waals surface area contributed by atoms with Crippen molar-refractivity contribution in [3.63, 3.8) is 0 Å². The molecule has 0 saturated heterocycles. The lowest BCUT2D eigenvalue weighted by atomic mass is 9.93. The molecule has 0 N–H and O–H groups in total. The third-order valence-electron chi connectivity index (χ3n) is 4.65. The molecular weight excluding hydrogens is 409 g/mol. The number of carbonyl (C=O) groups excluding carboxylic acids is 1. The van der Waals surface area contributed by atoms with Crippen LogP contribution in [0.3, 0.4) is 0 Å². The van der Waals surface area contributed by atoms with Crippen molar-refractivity contribution in [2.24, 2.45) is 0 Å². The van der Waals surface area contributed by atoms with Crippen LogP contribution in [0.25, 0.3) is 0 Å². The third kappa shape index (κ3) is 5.20. The van der Waals surface area contributed by atoms with E-state index >= 15 is 0 Å². The lowest BCUT2D eigenvalue weighted by Gasteiger charge is -2.41. The van der Waals surface area contributed by atoms with Gasteiger partial charge in [0.1, 0.15) is 17.5 Å². The number of halogens is 1. The van der Waals surface area contributed by atoms with Crippen molar-refractivity contribution < 1.29 is 38.0 Å². The Kier molecular flexibility index (Phi) is 7.82. The number of thiophene rings is 1. The molecule has 2 rings (SSSR count). The first-order chi connectivity index (χ1) is 9.90. The van der Waals surface area contributed by atoms with Crippen molar-refractivity contribution in [2.45, 2.75) is 58.1 Å². The van der Waals surface area contributed by atoms with Crippen LogP contribution in [0.1, 0.15) is 54.3 Å². The van der Waals surface area contributed by atoms with E-state index in [0.29, 0.717) is 6.04 Å². The van der Waals surface area contributed by atoms with E-state index in [1.807, 2.05) is 25.3 Å². The maximum atomic E-state index is 12.2. The van der Waals surface area contributed by atoms with Crippen LogP contribution in [-0.2, 0) is 4.74 Å². The smallest absolute Gasteiger partial charge is 0.349 e. The first-order valence-corrected chi connectivity index (χ1v) is 8.86. The maximum Gasteiger partial charge on any atom is 0.349 e. The summed E-state index contributed by atoms with van der Waals surface area (Å²) >= 11 is 1.47. The molecule has 1 aromatic rings. The Labute approximate surface area is 155 Å². The number of esters is 1. The van der Waals surface area contributed by atoms with Crippen LogP contribution in [0.5, 0.6) is 0 Å². The molecule has 1 saturated carbocycles. The summed E-state index contributed by atoms with van der Waals surface area (Å²) in [6.07, 6.45) is 6.62. The summed E-state index contributed by atoms with van der Waals surface area (Å²) < 4.78 is 6.61. The fraction of sp³-hybridized carbons (Fsp3) is 0.706. The summed E-state index contributed by atoms with van der Waals surface area (Å²) in [6, 6.07) is 2.68. The molecule has 126 valence electrons. The van der Waals surface area contributed by atoms with Crippen LogP contribution in [-0.4, -0.2) is 43.2 Å². The molecule has 5 heteroatoms. The van der Waals surface area contributed by atoms with Crippen LogP contribution in [0.15, 0.2) is 11.4 Å². The van der Waals surface area contributed by atoms with E-state index in [1.54, 1.807) is 0 Å². The van der Waals surface area contributed by atoms with E-state index in [-0.39, 0.29) is 36.0 Å². The SMILES string of the molecule is Cc1ccsc1C(=O)OC(C)C[N+](C)(C)C1CCCCC1.[I-]. The number of hydrogen-bond acceptors (Lipinski definition) is 3. The largest absolute Gasteiger partial charge is 1.00 e.